The van der Waals surface area contributed by atoms with E-state index in [0.29, 0.717) is 16.4 Å². The molecular weight excluding hydrogens is 293 g/mol. The van der Waals surface area contributed by atoms with E-state index < -0.39 is 0 Å². The van der Waals surface area contributed by atoms with Gasteiger partial charge in [-0.25, -0.2) is 14.4 Å². The van der Waals surface area contributed by atoms with Gasteiger partial charge in [-0.1, -0.05) is 11.6 Å². The number of hydrogen-bond donors (Lipinski definition) is 0. The van der Waals surface area contributed by atoms with Crippen LogP contribution in [0.5, 0.6) is 5.75 Å². The fraction of sp³-hybridized carbons (Fsp3) is 0.200. The summed E-state index contributed by atoms with van der Waals surface area (Å²) in [5, 5.41) is 0.308. The average Bonchev–Trinajstić information content (AvgIpc) is 2.82. The van der Waals surface area contributed by atoms with Crippen molar-refractivity contribution in [2.24, 2.45) is 0 Å². The van der Waals surface area contributed by atoms with Gasteiger partial charge in [-0.2, -0.15) is 0 Å². The Labute approximate surface area is 126 Å². The van der Waals surface area contributed by atoms with E-state index >= 15 is 0 Å². The highest BCUT2D eigenvalue weighted by Crippen LogP contribution is 2.23. The molecule has 2 aromatic heterocycles. The predicted octanol–water partition coefficient (Wildman–Crippen LogP) is 3.82. The zero-order valence-corrected chi connectivity index (χ0v) is 12.1. The van der Waals surface area contributed by atoms with Crippen molar-refractivity contribution in [3.05, 3.63) is 53.3 Å². The third kappa shape index (κ3) is 2.69. The molecular formula is C15H13ClFN3O. The third-order valence-electron chi connectivity index (χ3n) is 3.19. The molecule has 0 aliphatic rings. The quantitative estimate of drug-likeness (QED) is 0.688. The molecule has 0 saturated carbocycles. The molecule has 0 amide bonds. The van der Waals surface area contributed by atoms with Gasteiger partial charge in [-0.15, -0.1) is 0 Å². The van der Waals surface area contributed by atoms with Gasteiger partial charge in [0.25, 0.3) is 0 Å². The minimum Gasteiger partial charge on any atom is -0.482 e. The summed E-state index contributed by atoms with van der Waals surface area (Å²) in [4.78, 5) is 8.38. The molecule has 0 saturated heterocycles. The zero-order valence-electron chi connectivity index (χ0n) is 11.4. The molecule has 1 aromatic carbocycles. The van der Waals surface area contributed by atoms with Crippen LogP contribution in [0, 0.1) is 5.82 Å². The first-order valence-corrected chi connectivity index (χ1v) is 6.95. The van der Waals surface area contributed by atoms with Crippen LogP contribution in [0.3, 0.4) is 0 Å². The van der Waals surface area contributed by atoms with Crippen molar-refractivity contribution in [1.29, 1.82) is 0 Å². The summed E-state index contributed by atoms with van der Waals surface area (Å²) in [6.07, 6.45) is 1.60. The number of nitrogens with zero attached hydrogens (tertiary/aromatic N) is 3. The molecule has 0 N–H and O–H groups in total. The number of rotatable bonds is 4. The van der Waals surface area contributed by atoms with Crippen LogP contribution in [-0.2, 0) is 13.2 Å². The van der Waals surface area contributed by atoms with Gasteiger partial charge >= 0.3 is 0 Å². The SMILES string of the molecule is CCn1c(COc2cccnc2Cl)nc2cc(F)ccc21. The first-order chi connectivity index (χ1) is 10.2. The Morgan fingerprint density at radius 3 is 2.95 bits per heavy atom. The molecule has 0 spiro atoms. The molecule has 0 fully saturated rings. The van der Waals surface area contributed by atoms with Gasteiger partial charge in [0.05, 0.1) is 11.0 Å². The van der Waals surface area contributed by atoms with Crippen LogP contribution in [0.25, 0.3) is 11.0 Å². The fourth-order valence-corrected chi connectivity index (χ4v) is 2.41. The summed E-state index contributed by atoms with van der Waals surface area (Å²) in [5.41, 5.74) is 1.50. The Hall–Kier alpha value is -2.14. The summed E-state index contributed by atoms with van der Waals surface area (Å²) in [7, 11) is 0. The Morgan fingerprint density at radius 1 is 1.33 bits per heavy atom. The van der Waals surface area contributed by atoms with Crippen LogP contribution in [0.2, 0.25) is 5.15 Å². The van der Waals surface area contributed by atoms with Gasteiger partial charge in [0, 0.05) is 18.8 Å². The first-order valence-electron chi connectivity index (χ1n) is 6.57. The lowest BCUT2D eigenvalue weighted by Crippen LogP contribution is -2.06. The standard InChI is InChI=1S/C15H13ClFN3O/c1-2-20-12-6-5-10(17)8-11(12)19-14(20)9-21-13-4-3-7-18-15(13)16/h3-8H,2,9H2,1H3. The molecule has 2 heterocycles. The first kappa shape index (κ1) is 13.8. The van der Waals surface area contributed by atoms with Crippen LogP contribution in [0.1, 0.15) is 12.7 Å². The van der Waals surface area contributed by atoms with Crippen LogP contribution in [0.15, 0.2) is 36.5 Å². The monoisotopic (exact) mass is 305 g/mol. The Kier molecular flexibility index (Phi) is 3.75. The van der Waals surface area contributed by atoms with E-state index in [2.05, 4.69) is 9.97 Å². The third-order valence-corrected chi connectivity index (χ3v) is 3.47. The lowest BCUT2D eigenvalue weighted by Gasteiger charge is -2.08. The van der Waals surface area contributed by atoms with Crippen molar-refractivity contribution in [2.75, 3.05) is 0 Å². The maximum atomic E-state index is 13.3. The highest BCUT2D eigenvalue weighted by Gasteiger charge is 2.11. The summed E-state index contributed by atoms with van der Waals surface area (Å²) in [5.74, 6) is 0.920. The minimum atomic E-state index is -0.300. The van der Waals surface area contributed by atoms with E-state index in [1.54, 1.807) is 24.4 Å². The number of hydrogen-bond acceptors (Lipinski definition) is 3. The normalized spacial score (nSPS) is 11.0. The van der Waals surface area contributed by atoms with Crippen LogP contribution in [0.4, 0.5) is 4.39 Å². The second-order valence-corrected chi connectivity index (χ2v) is 4.84. The highest BCUT2D eigenvalue weighted by atomic mass is 35.5. The number of aryl methyl sites for hydroxylation is 1. The molecule has 3 rings (SSSR count). The van der Waals surface area contributed by atoms with E-state index in [9.17, 15) is 4.39 Å². The lowest BCUT2D eigenvalue weighted by atomic mass is 10.3. The molecule has 108 valence electrons. The number of aromatic nitrogens is 3. The summed E-state index contributed by atoms with van der Waals surface area (Å²) in [6.45, 7) is 2.97. The van der Waals surface area contributed by atoms with E-state index in [0.717, 1.165) is 17.9 Å². The predicted molar refractivity (Wildman–Crippen MR) is 78.9 cm³/mol. The smallest absolute Gasteiger partial charge is 0.171 e. The Morgan fingerprint density at radius 2 is 2.19 bits per heavy atom. The van der Waals surface area contributed by atoms with Crippen molar-refractivity contribution in [3.63, 3.8) is 0 Å². The number of benzene rings is 1. The Balaban J connectivity index is 1.92. The largest absolute Gasteiger partial charge is 0.482 e. The number of ether oxygens (including phenoxy) is 1. The topological polar surface area (TPSA) is 39.9 Å². The van der Waals surface area contributed by atoms with E-state index in [1.807, 2.05) is 11.5 Å². The number of imidazole rings is 1. The van der Waals surface area contributed by atoms with Crippen LogP contribution < -0.4 is 4.74 Å². The molecule has 0 atom stereocenters. The van der Waals surface area contributed by atoms with E-state index in [-0.39, 0.29) is 12.4 Å². The second-order valence-electron chi connectivity index (χ2n) is 4.49. The Bertz CT molecular complexity index is 788. The summed E-state index contributed by atoms with van der Waals surface area (Å²) >= 11 is 5.95. The van der Waals surface area contributed by atoms with Crippen molar-refractivity contribution in [2.45, 2.75) is 20.1 Å². The molecule has 6 heteroatoms. The number of fused-ring (bicyclic) bond motifs is 1. The molecule has 0 aliphatic heterocycles. The fourth-order valence-electron chi connectivity index (χ4n) is 2.24. The molecule has 4 nitrogen and oxygen atoms in total. The van der Waals surface area contributed by atoms with Gasteiger partial charge in [-0.05, 0) is 31.2 Å². The zero-order chi connectivity index (χ0) is 14.8. The second kappa shape index (κ2) is 5.69. The average molecular weight is 306 g/mol. The maximum absolute atomic E-state index is 13.3. The minimum absolute atomic E-state index is 0.246. The van der Waals surface area contributed by atoms with Crippen molar-refractivity contribution < 1.29 is 9.13 Å². The molecule has 0 radical (unpaired) electrons. The van der Waals surface area contributed by atoms with Crippen molar-refractivity contribution in [1.82, 2.24) is 14.5 Å². The van der Waals surface area contributed by atoms with Gasteiger partial charge in [0.15, 0.2) is 10.9 Å². The molecule has 3 aromatic rings. The van der Waals surface area contributed by atoms with Gasteiger partial charge in [0.1, 0.15) is 18.2 Å². The summed E-state index contributed by atoms with van der Waals surface area (Å²) < 4.78 is 20.9. The number of pyridine rings is 1. The molecule has 0 bridgehead atoms. The van der Waals surface area contributed by atoms with Crippen LogP contribution in [-0.4, -0.2) is 14.5 Å². The van der Waals surface area contributed by atoms with Gasteiger partial charge in [-0.3, -0.25) is 0 Å². The van der Waals surface area contributed by atoms with Crippen LogP contribution >= 0.6 is 11.6 Å². The van der Waals surface area contributed by atoms with E-state index in [1.165, 1.54) is 12.1 Å². The molecule has 21 heavy (non-hydrogen) atoms. The van der Waals surface area contributed by atoms with Crippen molar-refractivity contribution >= 4 is 22.6 Å². The summed E-state index contributed by atoms with van der Waals surface area (Å²) in [6, 6.07) is 8.07. The van der Waals surface area contributed by atoms with Gasteiger partial charge < -0.3 is 9.30 Å². The van der Waals surface area contributed by atoms with E-state index in [4.69, 9.17) is 16.3 Å². The molecule has 0 unspecified atom stereocenters. The van der Waals surface area contributed by atoms with Crippen molar-refractivity contribution in [3.8, 4) is 5.75 Å². The van der Waals surface area contributed by atoms with Gasteiger partial charge in [0.2, 0.25) is 0 Å². The highest BCUT2D eigenvalue weighted by molar-refractivity contribution is 6.30. The number of halogens is 2. The maximum Gasteiger partial charge on any atom is 0.171 e. The molecule has 0 aliphatic carbocycles. The lowest BCUT2D eigenvalue weighted by molar-refractivity contribution is 0.290.